The van der Waals surface area contributed by atoms with E-state index in [1.165, 1.54) is 13.0 Å². The van der Waals surface area contributed by atoms with Gasteiger partial charge < -0.3 is 34.5 Å². The lowest BCUT2D eigenvalue weighted by molar-refractivity contribution is -0.160. The predicted octanol–water partition coefficient (Wildman–Crippen LogP) is 1.22. The van der Waals surface area contributed by atoms with Crippen molar-refractivity contribution in [3.8, 4) is 11.3 Å². The maximum absolute atomic E-state index is 13.4. The number of hydrogen-bond donors (Lipinski definition) is 3. The minimum absolute atomic E-state index is 0.0296. The van der Waals surface area contributed by atoms with Gasteiger partial charge >= 0.3 is 25.0 Å². The standard InChI is InChI=1S/C29H36BN3O10/c1-17(2)14-22(30-42-28(39)29(43-30,15-23(35)40-4)16-24(36)41-5)32-27(38)25(18(3)34)33-26(37)21-13-9-12-20(31-21)19-10-7-6-8-11-19/h6-13,17-18,22,25,34H,14-16H2,1-5H3,(H,32,38)(H,33,37)/t18-,22+,25?/m1/s1. The molecule has 3 rings (SSSR count). The van der Waals surface area contributed by atoms with Crippen molar-refractivity contribution in [1.29, 1.82) is 0 Å². The van der Waals surface area contributed by atoms with Crippen molar-refractivity contribution in [2.75, 3.05) is 14.2 Å². The number of carbonyl (C=O) groups is 5. The molecule has 1 unspecified atom stereocenters. The lowest BCUT2D eigenvalue weighted by atomic mass is 9.73. The summed E-state index contributed by atoms with van der Waals surface area (Å²) in [5, 5.41) is 15.6. The Labute approximate surface area is 249 Å². The van der Waals surface area contributed by atoms with Crippen LogP contribution >= 0.6 is 0 Å². The van der Waals surface area contributed by atoms with Gasteiger partial charge in [0.1, 0.15) is 11.7 Å². The number of nitrogens with zero attached hydrogens (tertiary/aromatic N) is 1. The Bertz CT molecular complexity index is 1300. The zero-order valence-corrected chi connectivity index (χ0v) is 24.7. The molecule has 2 amide bonds. The van der Waals surface area contributed by atoms with Crippen LogP contribution in [0, 0.1) is 5.92 Å². The van der Waals surface area contributed by atoms with Gasteiger partial charge in [-0.05, 0) is 31.4 Å². The van der Waals surface area contributed by atoms with E-state index >= 15 is 0 Å². The van der Waals surface area contributed by atoms with Gasteiger partial charge in [0.15, 0.2) is 5.60 Å². The number of aliphatic hydroxyl groups excluding tert-OH is 1. The Balaban J connectivity index is 1.80. The lowest BCUT2D eigenvalue weighted by Crippen LogP contribution is -2.58. The molecule has 13 nitrogen and oxygen atoms in total. The molecule has 0 spiro atoms. The maximum Gasteiger partial charge on any atom is 0.552 e. The maximum atomic E-state index is 13.4. The molecular weight excluding hydrogens is 561 g/mol. The number of pyridine rings is 1. The normalized spacial score (nSPS) is 16.1. The van der Waals surface area contributed by atoms with Gasteiger partial charge in [-0.3, -0.25) is 24.0 Å². The average Bonchev–Trinajstić information content (AvgIpc) is 3.29. The number of aliphatic hydroxyl groups is 1. The highest BCUT2D eigenvalue weighted by Crippen LogP contribution is 2.33. The summed E-state index contributed by atoms with van der Waals surface area (Å²) in [7, 11) is 0.833. The summed E-state index contributed by atoms with van der Waals surface area (Å²) < 4.78 is 20.6. The molecule has 1 fully saturated rings. The number of rotatable bonds is 13. The third kappa shape index (κ3) is 8.61. The molecular formula is C29H36BN3O10. The van der Waals surface area contributed by atoms with E-state index in [1.807, 2.05) is 44.2 Å². The zero-order valence-electron chi connectivity index (χ0n) is 24.7. The lowest BCUT2D eigenvalue weighted by Gasteiger charge is -2.27. The second-order valence-electron chi connectivity index (χ2n) is 10.6. The molecule has 0 bridgehead atoms. The van der Waals surface area contributed by atoms with Crippen molar-refractivity contribution in [3.63, 3.8) is 0 Å². The van der Waals surface area contributed by atoms with Crippen molar-refractivity contribution in [2.24, 2.45) is 5.92 Å². The SMILES string of the molecule is COC(=O)CC1(CC(=O)OC)OB([C@H](CC(C)C)NC(=O)C(NC(=O)c2cccc(-c3ccccc3)n2)[C@@H](C)O)OC1=O. The fourth-order valence-electron chi connectivity index (χ4n) is 4.54. The summed E-state index contributed by atoms with van der Waals surface area (Å²) in [5.41, 5.74) is -0.661. The molecule has 1 aliphatic rings. The van der Waals surface area contributed by atoms with Crippen LogP contribution in [0.25, 0.3) is 11.3 Å². The molecule has 0 radical (unpaired) electrons. The molecule has 1 aromatic heterocycles. The van der Waals surface area contributed by atoms with E-state index < -0.39 is 73.4 Å². The molecule has 3 atom stereocenters. The van der Waals surface area contributed by atoms with Crippen LogP contribution in [0.15, 0.2) is 48.5 Å². The first-order valence-electron chi connectivity index (χ1n) is 13.7. The molecule has 0 saturated carbocycles. The third-order valence-corrected chi connectivity index (χ3v) is 6.74. The number of aromatic nitrogens is 1. The molecule has 1 aliphatic heterocycles. The van der Waals surface area contributed by atoms with Crippen LogP contribution in [0.2, 0.25) is 0 Å². The van der Waals surface area contributed by atoms with Gasteiger partial charge in [0.2, 0.25) is 5.91 Å². The van der Waals surface area contributed by atoms with Crippen LogP contribution in [-0.4, -0.2) is 84.8 Å². The molecule has 1 aromatic carbocycles. The van der Waals surface area contributed by atoms with Crippen molar-refractivity contribution in [3.05, 3.63) is 54.2 Å². The topological polar surface area (TPSA) is 179 Å². The molecule has 2 heterocycles. The number of amides is 2. The first kappa shape index (κ1) is 33.2. The number of benzene rings is 1. The predicted molar refractivity (Wildman–Crippen MR) is 153 cm³/mol. The highest BCUT2D eigenvalue weighted by molar-refractivity contribution is 6.51. The number of hydrogen-bond acceptors (Lipinski definition) is 11. The van der Waals surface area contributed by atoms with Crippen molar-refractivity contribution >= 4 is 36.8 Å². The van der Waals surface area contributed by atoms with Crippen LogP contribution in [0.4, 0.5) is 0 Å². The van der Waals surface area contributed by atoms with Gasteiger partial charge in [0, 0.05) is 5.56 Å². The van der Waals surface area contributed by atoms with Crippen LogP contribution in [0.3, 0.4) is 0 Å². The molecule has 1 saturated heterocycles. The van der Waals surface area contributed by atoms with Gasteiger partial charge in [0.05, 0.1) is 44.8 Å². The van der Waals surface area contributed by atoms with Crippen molar-refractivity contribution < 1.29 is 47.9 Å². The van der Waals surface area contributed by atoms with Crippen LogP contribution in [0.5, 0.6) is 0 Å². The Kier molecular flexibility index (Phi) is 11.4. The summed E-state index contributed by atoms with van der Waals surface area (Å²) in [6.45, 7) is 5.04. The number of esters is 2. The van der Waals surface area contributed by atoms with E-state index in [9.17, 15) is 29.1 Å². The van der Waals surface area contributed by atoms with Gasteiger partial charge in [-0.2, -0.15) is 0 Å². The van der Waals surface area contributed by atoms with E-state index in [4.69, 9.17) is 9.31 Å². The summed E-state index contributed by atoms with van der Waals surface area (Å²) in [4.78, 5) is 68.1. The highest BCUT2D eigenvalue weighted by atomic mass is 16.7. The second kappa shape index (κ2) is 14.7. The van der Waals surface area contributed by atoms with Crippen LogP contribution in [0.1, 0.15) is 50.5 Å². The summed E-state index contributed by atoms with van der Waals surface area (Å²) >= 11 is 0. The molecule has 3 N–H and O–H groups in total. The van der Waals surface area contributed by atoms with Crippen LogP contribution < -0.4 is 10.6 Å². The zero-order chi connectivity index (χ0) is 31.7. The van der Waals surface area contributed by atoms with E-state index in [-0.39, 0.29) is 18.0 Å². The van der Waals surface area contributed by atoms with Gasteiger partial charge in [-0.25, -0.2) is 4.98 Å². The summed E-state index contributed by atoms with van der Waals surface area (Å²) in [6.07, 6.45) is -2.35. The smallest absolute Gasteiger partial charge is 0.506 e. The molecule has 2 aromatic rings. The average molecular weight is 597 g/mol. The Morgan fingerprint density at radius 3 is 2.14 bits per heavy atom. The van der Waals surface area contributed by atoms with Crippen molar-refractivity contribution in [1.82, 2.24) is 15.6 Å². The van der Waals surface area contributed by atoms with Gasteiger partial charge in [-0.15, -0.1) is 0 Å². The number of nitrogens with one attached hydrogen (secondary N) is 2. The third-order valence-electron chi connectivity index (χ3n) is 6.74. The number of methoxy groups -OCH3 is 2. The van der Waals surface area contributed by atoms with E-state index in [2.05, 4.69) is 25.1 Å². The van der Waals surface area contributed by atoms with Gasteiger partial charge in [0.25, 0.3) is 5.91 Å². The van der Waals surface area contributed by atoms with Gasteiger partial charge in [-0.1, -0.05) is 50.2 Å². The first-order chi connectivity index (χ1) is 20.4. The minimum atomic E-state index is -2.03. The number of carbonyl (C=O) groups excluding carboxylic acids is 5. The molecule has 14 heteroatoms. The first-order valence-corrected chi connectivity index (χ1v) is 13.7. The highest BCUT2D eigenvalue weighted by Gasteiger charge is 2.58. The minimum Gasteiger partial charge on any atom is -0.506 e. The van der Waals surface area contributed by atoms with E-state index in [0.717, 1.165) is 19.8 Å². The number of ether oxygens (including phenoxy) is 2. The molecule has 43 heavy (non-hydrogen) atoms. The second-order valence-corrected chi connectivity index (χ2v) is 10.6. The summed E-state index contributed by atoms with van der Waals surface area (Å²) in [5.74, 6) is -5.16. The largest absolute Gasteiger partial charge is 0.552 e. The van der Waals surface area contributed by atoms with Crippen molar-refractivity contribution in [2.45, 2.75) is 63.7 Å². The molecule has 0 aliphatic carbocycles. The fourth-order valence-corrected chi connectivity index (χ4v) is 4.54. The molecule has 230 valence electrons. The Morgan fingerprint density at radius 1 is 0.953 bits per heavy atom. The quantitative estimate of drug-likeness (QED) is 0.223. The fraction of sp³-hybridized carbons (Fsp3) is 0.448. The van der Waals surface area contributed by atoms with E-state index in [0.29, 0.717) is 5.69 Å². The monoisotopic (exact) mass is 597 g/mol. The Hall–Kier alpha value is -4.30. The van der Waals surface area contributed by atoms with E-state index in [1.54, 1.807) is 12.1 Å². The summed E-state index contributed by atoms with van der Waals surface area (Å²) in [6, 6.07) is 12.7. The van der Waals surface area contributed by atoms with Crippen LogP contribution in [-0.2, 0) is 38.0 Å². The Morgan fingerprint density at radius 2 is 1.58 bits per heavy atom.